The summed E-state index contributed by atoms with van der Waals surface area (Å²) in [6.07, 6.45) is 2.46. The van der Waals surface area contributed by atoms with Gasteiger partial charge in [0, 0.05) is 18.1 Å². The molecule has 0 aliphatic rings. The minimum absolute atomic E-state index is 0.659. The largest absolute Gasteiger partial charge is 0.314 e. The summed E-state index contributed by atoms with van der Waals surface area (Å²) in [7, 11) is 0. The summed E-state index contributed by atoms with van der Waals surface area (Å²) in [6.45, 7) is 15.9. The highest BCUT2D eigenvalue weighted by Gasteiger charge is 2.14. The molecule has 0 aromatic heterocycles. The van der Waals surface area contributed by atoms with Crippen LogP contribution in [0.3, 0.4) is 0 Å². The lowest BCUT2D eigenvalue weighted by Crippen LogP contribution is -2.40. The molecule has 0 saturated heterocycles. The summed E-state index contributed by atoms with van der Waals surface area (Å²) in [5.74, 6) is 0. The van der Waals surface area contributed by atoms with E-state index in [-0.39, 0.29) is 0 Å². The van der Waals surface area contributed by atoms with Gasteiger partial charge in [-0.25, -0.2) is 0 Å². The van der Waals surface area contributed by atoms with Crippen LogP contribution in [0.4, 0.5) is 0 Å². The van der Waals surface area contributed by atoms with Gasteiger partial charge in [0.2, 0.25) is 0 Å². The highest BCUT2D eigenvalue weighted by molar-refractivity contribution is 4.71. The van der Waals surface area contributed by atoms with Crippen molar-refractivity contribution in [2.45, 2.75) is 72.5 Å². The van der Waals surface area contributed by atoms with Gasteiger partial charge in [-0.2, -0.15) is 0 Å². The Kier molecular flexibility index (Phi) is 8.07. The molecule has 0 aromatic carbocycles. The van der Waals surface area contributed by atoms with Crippen LogP contribution in [0.1, 0.15) is 54.4 Å². The van der Waals surface area contributed by atoms with Gasteiger partial charge in [0.15, 0.2) is 0 Å². The number of hydrogen-bond donors (Lipinski definition) is 1. The number of nitrogens with zero attached hydrogens (tertiary/aromatic N) is 1. The van der Waals surface area contributed by atoms with E-state index in [1.165, 1.54) is 12.8 Å². The molecule has 0 aromatic rings. The normalized spacial score (nSPS) is 16.0. The van der Waals surface area contributed by atoms with Gasteiger partial charge in [-0.05, 0) is 53.6 Å². The van der Waals surface area contributed by atoms with E-state index in [2.05, 4.69) is 51.8 Å². The molecule has 0 saturated carbocycles. The zero-order valence-electron chi connectivity index (χ0n) is 11.5. The molecule has 0 rings (SSSR count). The van der Waals surface area contributed by atoms with Gasteiger partial charge in [0.25, 0.3) is 0 Å². The maximum Gasteiger partial charge on any atom is 0.00815 e. The van der Waals surface area contributed by atoms with Crippen molar-refractivity contribution in [3.05, 3.63) is 0 Å². The molecule has 15 heavy (non-hydrogen) atoms. The quantitative estimate of drug-likeness (QED) is 0.668. The Morgan fingerprint density at radius 1 is 1.07 bits per heavy atom. The first kappa shape index (κ1) is 14.9. The van der Waals surface area contributed by atoms with E-state index in [9.17, 15) is 0 Å². The van der Waals surface area contributed by atoms with Crippen LogP contribution in [0.5, 0.6) is 0 Å². The fourth-order valence-electron chi connectivity index (χ4n) is 2.03. The third-order valence-electron chi connectivity index (χ3n) is 3.26. The molecule has 92 valence electrons. The fraction of sp³-hybridized carbons (Fsp3) is 1.00. The Bertz CT molecular complexity index is 145. The summed E-state index contributed by atoms with van der Waals surface area (Å²) in [5.41, 5.74) is 0. The maximum atomic E-state index is 3.55. The van der Waals surface area contributed by atoms with Crippen LogP contribution < -0.4 is 5.32 Å². The highest BCUT2D eigenvalue weighted by Crippen LogP contribution is 2.07. The summed E-state index contributed by atoms with van der Waals surface area (Å²) < 4.78 is 0. The molecule has 0 aliphatic heterocycles. The van der Waals surface area contributed by atoms with Crippen LogP contribution in [0.25, 0.3) is 0 Å². The lowest BCUT2D eigenvalue weighted by atomic mass is 10.1. The lowest BCUT2D eigenvalue weighted by Gasteiger charge is -2.31. The molecule has 2 heteroatoms. The molecule has 0 fully saturated rings. The van der Waals surface area contributed by atoms with E-state index in [4.69, 9.17) is 0 Å². The minimum Gasteiger partial charge on any atom is -0.314 e. The van der Waals surface area contributed by atoms with Crippen molar-refractivity contribution in [2.24, 2.45) is 0 Å². The van der Waals surface area contributed by atoms with E-state index in [1.54, 1.807) is 0 Å². The topological polar surface area (TPSA) is 15.3 Å². The van der Waals surface area contributed by atoms with Crippen LogP contribution in [-0.4, -0.2) is 36.1 Å². The first-order chi connectivity index (χ1) is 7.02. The van der Waals surface area contributed by atoms with Crippen molar-refractivity contribution in [3.63, 3.8) is 0 Å². The fourth-order valence-corrected chi connectivity index (χ4v) is 2.03. The van der Waals surface area contributed by atoms with Gasteiger partial charge in [-0.15, -0.1) is 0 Å². The van der Waals surface area contributed by atoms with Crippen LogP contribution in [0.2, 0.25) is 0 Å². The number of nitrogens with one attached hydrogen (secondary N) is 1. The molecule has 0 aliphatic carbocycles. The van der Waals surface area contributed by atoms with E-state index in [0.717, 1.165) is 13.1 Å². The van der Waals surface area contributed by atoms with Gasteiger partial charge in [-0.3, -0.25) is 4.90 Å². The van der Waals surface area contributed by atoms with Gasteiger partial charge in [-0.1, -0.05) is 13.8 Å². The Morgan fingerprint density at radius 3 is 2.07 bits per heavy atom. The molecule has 1 N–H and O–H groups in total. The second kappa shape index (κ2) is 8.12. The average Bonchev–Trinajstić information content (AvgIpc) is 2.17. The van der Waals surface area contributed by atoms with Crippen LogP contribution in [0, 0.1) is 0 Å². The Labute approximate surface area is 96.4 Å². The van der Waals surface area contributed by atoms with E-state index in [1.807, 2.05) is 0 Å². The van der Waals surface area contributed by atoms with E-state index < -0.39 is 0 Å². The zero-order chi connectivity index (χ0) is 11.8. The zero-order valence-corrected chi connectivity index (χ0v) is 11.5. The van der Waals surface area contributed by atoms with Gasteiger partial charge in [0.05, 0.1) is 0 Å². The third-order valence-corrected chi connectivity index (χ3v) is 3.26. The molecule has 0 bridgehead atoms. The first-order valence-electron chi connectivity index (χ1n) is 6.51. The molecule has 2 nitrogen and oxygen atoms in total. The van der Waals surface area contributed by atoms with E-state index in [0.29, 0.717) is 18.1 Å². The molecule has 2 unspecified atom stereocenters. The third kappa shape index (κ3) is 6.16. The number of rotatable bonds is 8. The Hall–Kier alpha value is -0.0800. The van der Waals surface area contributed by atoms with Gasteiger partial charge in [0.1, 0.15) is 0 Å². The lowest BCUT2D eigenvalue weighted by molar-refractivity contribution is 0.164. The molecular weight excluding hydrogens is 184 g/mol. The van der Waals surface area contributed by atoms with Crippen LogP contribution in [0.15, 0.2) is 0 Å². The van der Waals surface area contributed by atoms with Crippen LogP contribution in [-0.2, 0) is 0 Å². The van der Waals surface area contributed by atoms with Crippen LogP contribution >= 0.6 is 0 Å². The van der Waals surface area contributed by atoms with Crippen molar-refractivity contribution in [1.82, 2.24) is 10.2 Å². The SMILES string of the molecule is CCC(C)NCCC(C)N(CC)C(C)C. The monoisotopic (exact) mass is 214 g/mol. The first-order valence-corrected chi connectivity index (χ1v) is 6.51. The van der Waals surface area contributed by atoms with Crippen molar-refractivity contribution >= 4 is 0 Å². The molecule has 2 atom stereocenters. The molecule has 0 spiro atoms. The molecular formula is C13H30N2. The maximum absolute atomic E-state index is 3.55. The summed E-state index contributed by atoms with van der Waals surface area (Å²) in [6, 6.07) is 2.01. The Balaban J connectivity index is 3.76. The van der Waals surface area contributed by atoms with Crippen molar-refractivity contribution in [1.29, 1.82) is 0 Å². The molecule has 0 amide bonds. The van der Waals surface area contributed by atoms with Crippen molar-refractivity contribution in [2.75, 3.05) is 13.1 Å². The second-order valence-electron chi connectivity index (χ2n) is 4.83. The number of hydrogen-bond acceptors (Lipinski definition) is 2. The average molecular weight is 214 g/mol. The minimum atomic E-state index is 0.659. The van der Waals surface area contributed by atoms with Crippen molar-refractivity contribution in [3.8, 4) is 0 Å². The van der Waals surface area contributed by atoms with Gasteiger partial charge >= 0.3 is 0 Å². The van der Waals surface area contributed by atoms with E-state index >= 15 is 0 Å². The second-order valence-corrected chi connectivity index (χ2v) is 4.83. The predicted molar refractivity (Wildman–Crippen MR) is 69.4 cm³/mol. The summed E-state index contributed by atoms with van der Waals surface area (Å²) in [5, 5.41) is 3.55. The Morgan fingerprint density at radius 2 is 1.67 bits per heavy atom. The molecule has 0 radical (unpaired) electrons. The predicted octanol–water partition coefficient (Wildman–Crippen LogP) is 2.88. The summed E-state index contributed by atoms with van der Waals surface area (Å²) in [4.78, 5) is 2.55. The van der Waals surface area contributed by atoms with Gasteiger partial charge < -0.3 is 5.32 Å². The summed E-state index contributed by atoms with van der Waals surface area (Å²) >= 11 is 0. The highest BCUT2D eigenvalue weighted by atomic mass is 15.2. The smallest absolute Gasteiger partial charge is 0.00815 e. The molecule has 0 heterocycles. The van der Waals surface area contributed by atoms with Crippen molar-refractivity contribution < 1.29 is 0 Å². The standard InChI is InChI=1S/C13H30N2/c1-7-12(5)14-10-9-13(6)15(8-2)11(3)4/h11-14H,7-10H2,1-6H3.